The molecule has 0 amide bonds. The van der Waals surface area contributed by atoms with E-state index >= 15 is 0 Å². The molecule has 0 spiro atoms. The summed E-state index contributed by atoms with van der Waals surface area (Å²) < 4.78 is 10.9. The molecule has 6 heteroatoms. The number of carbonyl (C=O) groups is 3. The summed E-state index contributed by atoms with van der Waals surface area (Å²) in [4.78, 5) is 36.5. The zero-order valence-electron chi connectivity index (χ0n) is 15.7. The molecule has 2 aliphatic rings. The summed E-state index contributed by atoms with van der Waals surface area (Å²) in [6.07, 6.45) is 3.10. The number of ether oxygens (including phenoxy) is 1. The number of Topliss-reactive ketones (excluding diaryl/α,β-unsaturated/α-hetero) is 2. The molecule has 0 saturated heterocycles. The van der Waals surface area contributed by atoms with Crippen LogP contribution in [0.5, 0.6) is 0 Å². The molecular weight excluding hydrogens is 324 g/mol. The fraction of sp³-hybridized carbons (Fsp3) is 0.833. The lowest BCUT2D eigenvalue weighted by atomic mass is 9.81. The molecule has 0 radical (unpaired) electrons. The van der Waals surface area contributed by atoms with Crippen LogP contribution in [-0.4, -0.2) is 39.6 Å². The number of ketones is 2. The molecule has 0 aromatic rings. The summed E-state index contributed by atoms with van der Waals surface area (Å²) in [6.45, 7) is 11.5. The first-order chi connectivity index (χ1) is 11.0. The van der Waals surface area contributed by atoms with Gasteiger partial charge >= 0.3 is 5.97 Å². The lowest BCUT2D eigenvalue weighted by molar-refractivity contribution is -0.154. The molecule has 0 aromatic heterocycles. The van der Waals surface area contributed by atoms with Crippen molar-refractivity contribution in [2.24, 2.45) is 17.3 Å². The zero-order valence-corrected chi connectivity index (χ0v) is 16.7. The molecule has 2 aliphatic carbocycles. The Morgan fingerprint density at radius 1 is 1.29 bits per heavy atom. The van der Waals surface area contributed by atoms with Crippen molar-refractivity contribution in [2.75, 3.05) is 13.7 Å². The zero-order chi connectivity index (χ0) is 18.3. The summed E-state index contributed by atoms with van der Waals surface area (Å²) in [5, 5.41) is 0.0988. The highest BCUT2D eigenvalue weighted by Gasteiger charge is 2.58. The van der Waals surface area contributed by atoms with Crippen LogP contribution in [0.1, 0.15) is 46.5 Å². The number of hydrogen-bond acceptors (Lipinski definition) is 5. The molecule has 136 valence electrons. The molecule has 2 rings (SSSR count). The van der Waals surface area contributed by atoms with Gasteiger partial charge < -0.3 is 9.16 Å². The molecule has 2 fully saturated rings. The summed E-state index contributed by atoms with van der Waals surface area (Å²) in [7, 11) is -0.748. The smallest absolute Gasteiger partial charge is 0.375 e. The van der Waals surface area contributed by atoms with E-state index in [1.54, 1.807) is 0 Å². The number of hydrogen-bond donors (Lipinski definition) is 0. The third-order valence-electron chi connectivity index (χ3n) is 6.43. The van der Waals surface area contributed by atoms with Gasteiger partial charge in [0.15, 0.2) is 8.32 Å². The lowest BCUT2D eigenvalue weighted by Crippen LogP contribution is -2.44. The van der Waals surface area contributed by atoms with Crippen LogP contribution in [0.3, 0.4) is 0 Å². The van der Waals surface area contributed by atoms with E-state index in [9.17, 15) is 14.4 Å². The van der Waals surface area contributed by atoms with Gasteiger partial charge in [0.05, 0.1) is 13.0 Å². The second-order valence-electron chi connectivity index (χ2n) is 8.87. The maximum atomic E-state index is 12.7. The molecule has 5 nitrogen and oxygen atoms in total. The Labute approximate surface area is 145 Å². The monoisotopic (exact) mass is 354 g/mol. The van der Waals surface area contributed by atoms with E-state index in [4.69, 9.17) is 4.43 Å². The number of esters is 1. The van der Waals surface area contributed by atoms with Crippen LogP contribution in [0.15, 0.2) is 0 Å². The molecule has 0 aliphatic heterocycles. The van der Waals surface area contributed by atoms with Gasteiger partial charge in [-0.3, -0.25) is 9.59 Å². The minimum atomic E-state index is -1.93. The van der Waals surface area contributed by atoms with Gasteiger partial charge in [-0.25, -0.2) is 4.79 Å². The molecule has 2 saturated carbocycles. The van der Waals surface area contributed by atoms with E-state index < -0.39 is 26.0 Å². The van der Waals surface area contributed by atoms with E-state index in [1.807, 2.05) is 0 Å². The van der Waals surface area contributed by atoms with E-state index in [2.05, 4.69) is 38.6 Å². The normalized spacial score (nSPS) is 30.3. The Hall–Kier alpha value is -1.01. The first-order valence-electron chi connectivity index (χ1n) is 8.75. The van der Waals surface area contributed by atoms with E-state index in [0.717, 1.165) is 19.3 Å². The number of fused-ring (bicyclic) bond motifs is 1. The summed E-state index contributed by atoms with van der Waals surface area (Å²) in [6, 6.07) is 0. The Morgan fingerprint density at radius 3 is 2.46 bits per heavy atom. The van der Waals surface area contributed by atoms with Crippen molar-refractivity contribution in [3.63, 3.8) is 0 Å². The maximum Gasteiger partial charge on any atom is 0.375 e. The van der Waals surface area contributed by atoms with Crippen LogP contribution in [0, 0.1) is 17.3 Å². The van der Waals surface area contributed by atoms with Crippen molar-refractivity contribution in [2.45, 2.75) is 64.6 Å². The minimum Gasteiger partial charge on any atom is -0.463 e. The van der Waals surface area contributed by atoms with Gasteiger partial charge in [0.1, 0.15) is 5.78 Å². The summed E-state index contributed by atoms with van der Waals surface area (Å²) in [5.41, 5.74) is -0.277. The molecular formula is C18H30O5Si. The van der Waals surface area contributed by atoms with Crippen molar-refractivity contribution in [3.05, 3.63) is 0 Å². The summed E-state index contributed by atoms with van der Waals surface area (Å²) >= 11 is 0. The van der Waals surface area contributed by atoms with Crippen LogP contribution in [0.2, 0.25) is 18.1 Å². The van der Waals surface area contributed by atoms with Gasteiger partial charge in [-0.05, 0) is 37.4 Å². The Morgan fingerprint density at radius 2 is 1.92 bits per heavy atom. The van der Waals surface area contributed by atoms with Gasteiger partial charge in [0, 0.05) is 17.9 Å². The predicted molar refractivity (Wildman–Crippen MR) is 93.1 cm³/mol. The fourth-order valence-electron chi connectivity index (χ4n) is 3.81. The number of carbonyl (C=O) groups excluding carboxylic acids is 3. The molecule has 3 unspecified atom stereocenters. The van der Waals surface area contributed by atoms with Crippen molar-refractivity contribution < 1.29 is 23.5 Å². The van der Waals surface area contributed by atoms with Crippen LogP contribution >= 0.6 is 0 Å². The fourth-order valence-corrected chi connectivity index (χ4v) is 4.90. The quantitative estimate of drug-likeness (QED) is 0.328. The molecule has 3 atom stereocenters. The topological polar surface area (TPSA) is 69.7 Å². The molecule has 0 heterocycles. The molecule has 0 bridgehead atoms. The van der Waals surface area contributed by atoms with Gasteiger partial charge in [-0.15, -0.1) is 0 Å². The molecule has 24 heavy (non-hydrogen) atoms. The largest absolute Gasteiger partial charge is 0.463 e. The van der Waals surface area contributed by atoms with E-state index in [1.165, 1.54) is 7.11 Å². The van der Waals surface area contributed by atoms with Gasteiger partial charge in [0.2, 0.25) is 5.78 Å². The Bertz CT molecular complexity index is 548. The van der Waals surface area contributed by atoms with Gasteiger partial charge in [-0.1, -0.05) is 27.2 Å². The van der Waals surface area contributed by atoms with Crippen molar-refractivity contribution in [3.8, 4) is 0 Å². The van der Waals surface area contributed by atoms with Crippen molar-refractivity contribution in [1.29, 1.82) is 0 Å². The average molecular weight is 355 g/mol. The average Bonchev–Trinajstić information content (AvgIpc) is 3.01. The highest BCUT2D eigenvalue weighted by atomic mass is 28.4. The first-order valence-corrected chi connectivity index (χ1v) is 11.7. The molecule has 0 aromatic carbocycles. The SMILES string of the molecule is COC(=O)C(=O)C1CC2(CO[Si](C)(C)C(C)(C)C)CCCC2C1=O. The van der Waals surface area contributed by atoms with Crippen molar-refractivity contribution >= 4 is 25.9 Å². The van der Waals surface area contributed by atoms with E-state index in [-0.39, 0.29) is 22.2 Å². The third-order valence-corrected chi connectivity index (χ3v) is 10.9. The first kappa shape index (κ1) is 19.3. The molecule has 0 N–H and O–H groups in total. The predicted octanol–water partition coefficient (Wildman–Crippen LogP) is 3.13. The van der Waals surface area contributed by atoms with Gasteiger partial charge in [-0.2, -0.15) is 0 Å². The van der Waals surface area contributed by atoms with Crippen LogP contribution < -0.4 is 0 Å². The highest BCUT2D eigenvalue weighted by molar-refractivity contribution is 6.74. The standard InChI is InChI=1S/C18H30O5Si/c1-17(2,3)24(5,6)23-11-18-9-7-8-13(18)14(19)12(10-18)15(20)16(21)22-4/h12-13H,7-11H2,1-6H3. The van der Waals surface area contributed by atoms with Crippen molar-refractivity contribution in [1.82, 2.24) is 0 Å². The minimum absolute atomic E-state index is 0.0817. The van der Waals surface area contributed by atoms with Crippen LogP contribution in [-0.2, 0) is 23.5 Å². The second kappa shape index (κ2) is 6.37. The van der Waals surface area contributed by atoms with Gasteiger partial charge in [0.25, 0.3) is 0 Å². The maximum absolute atomic E-state index is 12.7. The van der Waals surface area contributed by atoms with E-state index in [0.29, 0.717) is 13.0 Å². The summed E-state index contributed by atoms with van der Waals surface area (Å²) in [5.74, 6) is -2.68. The highest BCUT2D eigenvalue weighted by Crippen LogP contribution is 2.55. The Balaban J connectivity index is 2.18. The lowest BCUT2D eigenvalue weighted by Gasteiger charge is -2.40. The number of methoxy groups -OCH3 is 1. The third kappa shape index (κ3) is 3.22. The van der Waals surface area contributed by atoms with Crippen LogP contribution in [0.4, 0.5) is 0 Å². The second-order valence-corrected chi connectivity index (χ2v) is 13.7. The van der Waals surface area contributed by atoms with Crippen LogP contribution in [0.25, 0.3) is 0 Å². The Kier molecular flexibility index (Phi) is 5.13. The number of rotatable bonds is 5.